The van der Waals surface area contributed by atoms with E-state index >= 15 is 0 Å². The van der Waals surface area contributed by atoms with Gasteiger partial charge in [-0.3, -0.25) is 9.59 Å². The van der Waals surface area contributed by atoms with E-state index in [0.717, 1.165) is 9.37 Å². The summed E-state index contributed by atoms with van der Waals surface area (Å²) in [4.78, 5) is 25.9. The van der Waals surface area contributed by atoms with Crippen molar-refractivity contribution < 1.29 is 14.7 Å². The van der Waals surface area contributed by atoms with Crippen molar-refractivity contribution in [2.45, 2.75) is 23.5 Å². The Hall–Kier alpha value is -1.01. The normalized spacial score (nSPS) is 19.9. The SMILES string of the molecule is CC(Sc1ccc(Br)cc1)C(=O)N1CCC(C(=O)O)C1. The van der Waals surface area contributed by atoms with Gasteiger partial charge in [-0.05, 0) is 37.6 Å². The number of carbonyl (C=O) groups is 2. The molecule has 0 aliphatic carbocycles. The summed E-state index contributed by atoms with van der Waals surface area (Å²) >= 11 is 4.87. The van der Waals surface area contributed by atoms with Gasteiger partial charge in [-0.2, -0.15) is 0 Å². The van der Waals surface area contributed by atoms with Gasteiger partial charge in [-0.1, -0.05) is 15.9 Å². The molecule has 0 bridgehead atoms. The summed E-state index contributed by atoms with van der Waals surface area (Å²) in [5.74, 6) is -1.21. The van der Waals surface area contributed by atoms with Crippen molar-refractivity contribution in [3.8, 4) is 0 Å². The Bertz CT molecular complexity index is 506. The van der Waals surface area contributed by atoms with Crippen LogP contribution in [0.3, 0.4) is 0 Å². The fraction of sp³-hybridized carbons (Fsp3) is 0.429. The molecule has 1 aliphatic rings. The Morgan fingerprint density at radius 1 is 1.40 bits per heavy atom. The Kier molecular flexibility index (Phi) is 5.10. The van der Waals surface area contributed by atoms with Crippen molar-refractivity contribution in [2.24, 2.45) is 5.92 Å². The molecular weight excluding hydrogens is 342 g/mol. The lowest BCUT2D eigenvalue weighted by Gasteiger charge is -2.20. The minimum absolute atomic E-state index is 0.0154. The second kappa shape index (κ2) is 6.63. The van der Waals surface area contributed by atoms with Crippen LogP contribution in [0.2, 0.25) is 0 Å². The molecule has 1 aliphatic heterocycles. The van der Waals surface area contributed by atoms with Crippen LogP contribution < -0.4 is 0 Å². The molecule has 1 heterocycles. The van der Waals surface area contributed by atoms with Crippen LogP contribution in [-0.2, 0) is 9.59 Å². The lowest BCUT2D eigenvalue weighted by molar-refractivity contribution is -0.141. The van der Waals surface area contributed by atoms with Gasteiger partial charge in [-0.15, -0.1) is 11.8 Å². The number of hydrogen-bond acceptors (Lipinski definition) is 3. The summed E-state index contributed by atoms with van der Waals surface area (Å²) in [6.45, 7) is 2.74. The van der Waals surface area contributed by atoms with E-state index in [2.05, 4.69) is 15.9 Å². The first-order valence-electron chi connectivity index (χ1n) is 6.41. The first-order valence-corrected chi connectivity index (χ1v) is 8.08. The van der Waals surface area contributed by atoms with Gasteiger partial charge in [0.25, 0.3) is 0 Å². The third-order valence-electron chi connectivity index (χ3n) is 3.32. The third kappa shape index (κ3) is 3.76. The molecule has 0 aromatic heterocycles. The quantitative estimate of drug-likeness (QED) is 0.841. The zero-order valence-electron chi connectivity index (χ0n) is 11.1. The number of halogens is 1. The molecule has 1 N–H and O–H groups in total. The number of likely N-dealkylation sites (tertiary alicyclic amines) is 1. The van der Waals surface area contributed by atoms with E-state index in [1.54, 1.807) is 4.90 Å². The highest BCUT2D eigenvalue weighted by Crippen LogP contribution is 2.27. The van der Waals surface area contributed by atoms with Crippen molar-refractivity contribution in [2.75, 3.05) is 13.1 Å². The van der Waals surface area contributed by atoms with Crippen molar-refractivity contribution in [1.29, 1.82) is 0 Å². The highest BCUT2D eigenvalue weighted by Gasteiger charge is 2.32. The van der Waals surface area contributed by atoms with E-state index in [1.807, 2.05) is 31.2 Å². The van der Waals surface area contributed by atoms with E-state index in [1.165, 1.54) is 11.8 Å². The highest BCUT2D eigenvalue weighted by atomic mass is 79.9. The molecule has 0 saturated carbocycles. The molecule has 2 atom stereocenters. The smallest absolute Gasteiger partial charge is 0.308 e. The van der Waals surface area contributed by atoms with E-state index in [4.69, 9.17) is 5.11 Å². The number of rotatable bonds is 4. The second-order valence-corrected chi connectivity index (χ2v) is 7.15. The van der Waals surface area contributed by atoms with Crippen LogP contribution >= 0.6 is 27.7 Å². The lowest BCUT2D eigenvalue weighted by atomic mass is 10.1. The maximum Gasteiger partial charge on any atom is 0.308 e. The maximum absolute atomic E-state index is 12.3. The maximum atomic E-state index is 12.3. The molecule has 2 rings (SSSR count). The zero-order chi connectivity index (χ0) is 14.7. The number of nitrogens with zero attached hydrogens (tertiary/aromatic N) is 1. The van der Waals surface area contributed by atoms with Crippen LogP contribution in [0, 0.1) is 5.92 Å². The van der Waals surface area contributed by atoms with Crippen molar-refractivity contribution >= 4 is 39.6 Å². The lowest BCUT2D eigenvalue weighted by Crippen LogP contribution is -2.35. The van der Waals surface area contributed by atoms with E-state index in [0.29, 0.717) is 19.5 Å². The van der Waals surface area contributed by atoms with Gasteiger partial charge < -0.3 is 10.0 Å². The largest absolute Gasteiger partial charge is 0.481 e. The molecule has 1 amide bonds. The van der Waals surface area contributed by atoms with Crippen LogP contribution in [0.4, 0.5) is 0 Å². The van der Waals surface area contributed by atoms with Crippen LogP contribution in [0.25, 0.3) is 0 Å². The Morgan fingerprint density at radius 3 is 2.60 bits per heavy atom. The summed E-state index contributed by atoms with van der Waals surface area (Å²) in [6, 6.07) is 7.80. The van der Waals surface area contributed by atoms with Crippen LogP contribution in [0.5, 0.6) is 0 Å². The van der Waals surface area contributed by atoms with Crippen LogP contribution in [0.1, 0.15) is 13.3 Å². The van der Waals surface area contributed by atoms with Crippen LogP contribution in [0.15, 0.2) is 33.6 Å². The van der Waals surface area contributed by atoms with Crippen molar-refractivity contribution in [3.05, 3.63) is 28.7 Å². The molecule has 2 unspecified atom stereocenters. The topological polar surface area (TPSA) is 57.6 Å². The van der Waals surface area contributed by atoms with Crippen molar-refractivity contribution in [3.63, 3.8) is 0 Å². The average Bonchev–Trinajstić information content (AvgIpc) is 2.90. The minimum atomic E-state index is -0.812. The van der Waals surface area contributed by atoms with Gasteiger partial charge in [0.05, 0.1) is 11.2 Å². The number of carboxylic acid groups (broad SMARTS) is 1. The molecule has 6 heteroatoms. The summed E-state index contributed by atoms with van der Waals surface area (Å²) in [5, 5.41) is 8.76. The van der Waals surface area contributed by atoms with Gasteiger partial charge in [-0.25, -0.2) is 0 Å². The average molecular weight is 358 g/mol. The summed E-state index contributed by atoms with van der Waals surface area (Å²) in [7, 11) is 0. The number of hydrogen-bond donors (Lipinski definition) is 1. The number of carboxylic acids is 1. The van der Waals surface area contributed by atoms with E-state index in [-0.39, 0.29) is 11.2 Å². The molecule has 0 radical (unpaired) electrons. The summed E-state index contributed by atoms with van der Waals surface area (Å²) in [6.07, 6.45) is 0.552. The molecule has 1 fully saturated rings. The molecule has 20 heavy (non-hydrogen) atoms. The third-order valence-corrected chi connectivity index (χ3v) is 4.95. The zero-order valence-corrected chi connectivity index (χ0v) is 13.5. The minimum Gasteiger partial charge on any atom is -0.481 e. The fourth-order valence-corrected chi connectivity index (χ4v) is 3.40. The number of thioether (sulfide) groups is 1. The summed E-state index contributed by atoms with van der Waals surface area (Å²) in [5.41, 5.74) is 0. The van der Waals surface area contributed by atoms with E-state index < -0.39 is 11.9 Å². The first-order chi connectivity index (χ1) is 9.47. The monoisotopic (exact) mass is 357 g/mol. The molecule has 108 valence electrons. The molecule has 1 saturated heterocycles. The highest BCUT2D eigenvalue weighted by molar-refractivity contribution is 9.10. The van der Waals surface area contributed by atoms with Gasteiger partial charge in [0.2, 0.25) is 5.91 Å². The fourth-order valence-electron chi connectivity index (χ4n) is 2.19. The number of amides is 1. The molecule has 4 nitrogen and oxygen atoms in total. The van der Waals surface area contributed by atoms with Gasteiger partial charge in [0.1, 0.15) is 0 Å². The Balaban J connectivity index is 1.92. The van der Waals surface area contributed by atoms with Gasteiger partial charge in [0, 0.05) is 22.5 Å². The van der Waals surface area contributed by atoms with Crippen LogP contribution in [-0.4, -0.2) is 40.2 Å². The predicted molar refractivity (Wildman–Crippen MR) is 81.8 cm³/mol. The molecular formula is C14H16BrNO3S. The standard InChI is InChI=1S/C14H16BrNO3S/c1-9(20-12-4-2-11(15)3-5-12)13(17)16-7-6-10(8-16)14(18)19/h2-5,9-10H,6-8H2,1H3,(H,18,19). The van der Waals surface area contributed by atoms with Gasteiger partial charge >= 0.3 is 5.97 Å². The Labute approximate surface area is 130 Å². The second-order valence-electron chi connectivity index (χ2n) is 4.82. The number of benzene rings is 1. The summed E-state index contributed by atoms with van der Waals surface area (Å²) < 4.78 is 1.00. The molecule has 1 aromatic carbocycles. The molecule has 0 spiro atoms. The van der Waals surface area contributed by atoms with Gasteiger partial charge in [0.15, 0.2) is 0 Å². The van der Waals surface area contributed by atoms with E-state index in [9.17, 15) is 9.59 Å². The first kappa shape index (κ1) is 15.4. The predicted octanol–water partition coefficient (Wildman–Crippen LogP) is 2.86. The Morgan fingerprint density at radius 2 is 2.05 bits per heavy atom. The van der Waals surface area contributed by atoms with Crippen molar-refractivity contribution in [1.82, 2.24) is 4.90 Å². The molecule has 1 aromatic rings. The number of aliphatic carboxylic acids is 1. The number of carbonyl (C=O) groups excluding carboxylic acids is 1.